The van der Waals surface area contributed by atoms with E-state index in [9.17, 15) is 45.3 Å². The van der Waals surface area contributed by atoms with Crippen molar-refractivity contribution in [2.45, 2.75) is 61.7 Å². The van der Waals surface area contributed by atoms with Crippen LogP contribution >= 0.6 is 0 Å². The van der Waals surface area contributed by atoms with Crippen LogP contribution in [-0.4, -0.2) is 137 Å². The summed E-state index contributed by atoms with van der Waals surface area (Å²) in [5, 5.41) is 70.6. The van der Waals surface area contributed by atoms with Gasteiger partial charge in [-0.15, -0.1) is 0 Å². The van der Waals surface area contributed by atoms with Crippen molar-refractivity contribution in [2.24, 2.45) is 0 Å². The number of carbonyl (C=O) groups is 2. The van der Waals surface area contributed by atoms with Gasteiger partial charge in [0.1, 0.15) is 43.2 Å². The van der Waals surface area contributed by atoms with Crippen LogP contribution in [-0.2, 0) is 28.5 Å². The summed E-state index contributed by atoms with van der Waals surface area (Å²) in [5.41, 5.74) is 0.368. The van der Waals surface area contributed by atoms with Crippen LogP contribution in [0.2, 0.25) is 0 Å². The third-order valence-electron chi connectivity index (χ3n) is 6.44. The third kappa shape index (κ3) is 6.95. The summed E-state index contributed by atoms with van der Waals surface area (Å²) in [6, 6.07) is 2.89. The molecule has 0 aromatic heterocycles. The number of hydrogen-bond donors (Lipinski definition) is 7. The SMILES string of the molecule is COc1cc(/C=C/C(=O)O[C@H]2[C@H](O)[C@@H](O)[C@@H](OC3(CO)O[C@H](CO)[C@@H](O)[C@@H]3O)O[C@@H]2CO)cc(OC)c1OC(C)=O. The summed E-state index contributed by atoms with van der Waals surface area (Å²) in [4.78, 5) is 24.0. The summed E-state index contributed by atoms with van der Waals surface area (Å²) < 4.78 is 36.9. The second-order valence-corrected chi connectivity index (χ2v) is 9.15. The first-order valence-corrected chi connectivity index (χ1v) is 12.3. The van der Waals surface area contributed by atoms with Crippen molar-refractivity contribution >= 4 is 18.0 Å². The quantitative estimate of drug-likeness (QED) is 0.0763. The highest BCUT2D eigenvalue weighted by atomic mass is 16.8. The van der Waals surface area contributed by atoms with Crippen LogP contribution in [0.3, 0.4) is 0 Å². The Kier molecular flexibility index (Phi) is 11.0. The Balaban J connectivity index is 1.73. The largest absolute Gasteiger partial charge is 0.493 e. The van der Waals surface area contributed by atoms with E-state index in [1.165, 1.54) is 39.4 Å². The maximum atomic E-state index is 12.6. The summed E-state index contributed by atoms with van der Waals surface area (Å²) in [5.74, 6) is -3.68. The zero-order valence-electron chi connectivity index (χ0n) is 22.4. The molecule has 230 valence electrons. The van der Waals surface area contributed by atoms with Crippen molar-refractivity contribution in [3.8, 4) is 17.2 Å². The molecule has 9 atom stereocenters. The van der Waals surface area contributed by atoms with Crippen LogP contribution < -0.4 is 14.2 Å². The molecule has 2 saturated heterocycles. The topological polar surface area (TPSA) is 240 Å². The van der Waals surface area contributed by atoms with Gasteiger partial charge in [-0.05, 0) is 23.8 Å². The minimum Gasteiger partial charge on any atom is -0.493 e. The van der Waals surface area contributed by atoms with Crippen molar-refractivity contribution in [2.75, 3.05) is 34.0 Å². The first kappa shape index (κ1) is 32.6. The van der Waals surface area contributed by atoms with E-state index >= 15 is 0 Å². The highest BCUT2D eigenvalue weighted by molar-refractivity contribution is 5.87. The maximum absolute atomic E-state index is 12.6. The molecule has 0 bridgehead atoms. The summed E-state index contributed by atoms with van der Waals surface area (Å²) in [6.45, 7) is -1.41. The molecule has 2 fully saturated rings. The molecule has 1 unspecified atom stereocenters. The smallest absolute Gasteiger partial charge is 0.331 e. The molecule has 1 aromatic rings. The van der Waals surface area contributed by atoms with Crippen LogP contribution in [0.25, 0.3) is 6.08 Å². The van der Waals surface area contributed by atoms with E-state index in [0.29, 0.717) is 5.56 Å². The highest BCUT2D eigenvalue weighted by Crippen LogP contribution is 2.39. The molecule has 2 aliphatic heterocycles. The standard InChI is InChI=1S/C25H34O16/c1-11(29)37-21-13(35-2)6-12(7-14(21)36-3)4-5-17(30)39-22-16(9-27)38-24(20(33)19(22)32)41-25(10-28)23(34)18(31)15(8-26)40-25/h4-7,15-16,18-20,22-24,26-28,31-34H,8-10H2,1-3H3/b5-4+/t15-,16-,18-,19-,20-,22-,23+,24-,25?/m1/s1. The van der Waals surface area contributed by atoms with Crippen LogP contribution in [0.1, 0.15) is 12.5 Å². The fourth-order valence-electron chi connectivity index (χ4n) is 4.34. The minimum atomic E-state index is -2.35. The second-order valence-electron chi connectivity index (χ2n) is 9.15. The predicted octanol–water partition coefficient (Wildman–Crippen LogP) is -3.19. The number of ether oxygens (including phenoxy) is 7. The lowest BCUT2D eigenvalue weighted by molar-refractivity contribution is -0.383. The zero-order valence-corrected chi connectivity index (χ0v) is 22.4. The number of aliphatic hydroxyl groups excluding tert-OH is 7. The number of esters is 2. The number of carbonyl (C=O) groups excluding carboxylic acids is 2. The Morgan fingerprint density at radius 2 is 1.56 bits per heavy atom. The van der Waals surface area contributed by atoms with Crippen molar-refractivity contribution in [3.63, 3.8) is 0 Å². The average molecular weight is 591 g/mol. The van der Waals surface area contributed by atoms with Crippen molar-refractivity contribution < 1.29 is 78.5 Å². The van der Waals surface area contributed by atoms with Crippen LogP contribution in [0.5, 0.6) is 17.2 Å². The van der Waals surface area contributed by atoms with E-state index in [4.69, 9.17) is 33.2 Å². The number of benzene rings is 1. The highest BCUT2D eigenvalue weighted by Gasteiger charge is 2.58. The van der Waals surface area contributed by atoms with Gasteiger partial charge in [0, 0.05) is 13.0 Å². The third-order valence-corrected chi connectivity index (χ3v) is 6.44. The second kappa shape index (κ2) is 13.8. The molecule has 3 rings (SSSR count). The molecule has 16 nitrogen and oxygen atoms in total. The average Bonchev–Trinajstić information content (AvgIpc) is 3.20. The normalized spacial score (nSPS) is 33.5. The number of hydrogen-bond acceptors (Lipinski definition) is 16. The zero-order chi connectivity index (χ0) is 30.5. The van der Waals surface area contributed by atoms with Gasteiger partial charge in [0.2, 0.25) is 11.5 Å². The molecular formula is C25H34O16. The molecule has 7 N–H and O–H groups in total. The molecular weight excluding hydrogens is 556 g/mol. The minimum absolute atomic E-state index is 0.0288. The van der Waals surface area contributed by atoms with Crippen LogP contribution in [0.4, 0.5) is 0 Å². The Morgan fingerprint density at radius 1 is 0.951 bits per heavy atom. The summed E-state index contributed by atoms with van der Waals surface area (Å²) in [6.07, 6.45) is -11.4. The van der Waals surface area contributed by atoms with Crippen molar-refractivity contribution in [1.82, 2.24) is 0 Å². The van der Waals surface area contributed by atoms with E-state index in [-0.39, 0.29) is 17.2 Å². The monoisotopic (exact) mass is 590 g/mol. The molecule has 0 radical (unpaired) electrons. The van der Waals surface area contributed by atoms with Gasteiger partial charge in [0.15, 0.2) is 23.9 Å². The van der Waals surface area contributed by atoms with Gasteiger partial charge in [-0.2, -0.15) is 0 Å². The number of rotatable bonds is 11. The van der Waals surface area contributed by atoms with E-state index in [2.05, 4.69) is 0 Å². The van der Waals surface area contributed by atoms with Crippen LogP contribution in [0.15, 0.2) is 18.2 Å². The maximum Gasteiger partial charge on any atom is 0.331 e. The fourth-order valence-corrected chi connectivity index (χ4v) is 4.34. The van der Waals surface area contributed by atoms with Crippen molar-refractivity contribution in [1.29, 1.82) is 0 Å². The van der Waals surface area contributed by atoms with Gasteiger partial charge in [0.05, 0.1) is 27.4 Å². The summed E-state index contributed by atoms with van der Waals surface area (Å²) >= 11 is 0. The Morgan fingerprint density at radius 3 is 2.05 bits per heavy atom. The lowest BCUT2D eigenvalue weighted by atomic mass is 9.98. The number of aliphatic hydroxyl groups is 7. The lowest BCUT2D eigenvalue weighted by Crippen LogP contribution is -2.63. The van der Waals surface area contributed by atoms with E-state index in [1.807, 2.05) is 0 Å². The van der Waals surface area contributed by atoms with Gasteiger partial charge >= 0.3 is 11.9 Å². The van der Waals surface area contributed by atoms with E-state index in [0.717, 1.165) is 6.08 Å². The van der Waals surface area contributed by atoms with Gasteiger partial charge in [-0.3, -0.25) is 4.79 Å². The molecule has 41 heavy (non-hydrogen) atoms. The molecule has 2 aliphatic rings. The van der Waals surface area contributed by atoms with E-state index in [1.54, 1.807) is 0 Å². The van der Waals surface area contributed by atoms with Gasteiger partial charge in [0.25, 0.3) is 0 Å². The fraction of sp³-hybridized carbons (Fsp3) is 0.600. The molecule has 0 saturated carbocycles. The van der Waals surface area contributed by atoms with E-state index < -0.39 is 86.6 Å². The first-order valence-electron chi connectivity index (χ1n) is 12.3. The summed E-state index contributed by atoms with van der Waals surface area (Å²) in [7, 11) is 2.67. The molecule has 0 amide bonds. The molecule has 1 aromatic carbocycles. The Labute approximate surface area is 233 Å². The molecule has 16 heteroatoms. The molecule has 0 spiro atoms. The van der Waals surface area contributed by atoms with Gasteiger partial charge < -0.3 is 68.9 Å². The van der Waals surface area contributed by atoms with Crippen LogP contribution in [0, 0.1) is 0 Å². The predicted molar refractivity (Wildman–Crippen MR) is 132 cm³/mol. The first-order chi connectivity index (χ1) is 19.4. The number of methoxy groups -OCH3 is 2. The molecule has 0 aliphatic carbocycles. The lowest BCUT2D eigenvalue weighted by Gasteiger charge is -2.44. The Hall–Kier alpha value is -2.90. The van der Waals surface area contributed by atoms with Gasteiger partial charge in [-0.25, -0.2) is 4.79 Å². The molecule has 2 heterocycles. The van der Waals surface area contributed by atoms with Crippen molar-refractivity contribution in [3.05, 3.63) is 23.8 Å². The van der Waals surface area contributed by atoms with Gasteiger partial charge in [-0.1, -0.05) is 0 Å². The Bertz CT molecular complexity index is 1070.